The van der Waals surface area contributed by atoms with Gasteiger partial charge in [-0.25, -0.2) is 4.39 Å². The van der Waals surface area contributed by atoms with Crippen molar-refractivity contribution < 1.29 is 14.2 Å². The first-order valence-corrected chi connectivity index (χ1v) is 4.94. The maximum atomic E-state index is 13.3. The maximum Gasteiger partial charge on any atom is 0.165 e. The molecular formula is C11H12ClFO2. The number of rotatable bonds is 4. The molecule has 1 unspecified atom stereocenters. The number of aliphatic hydroxyl groups excluding tert-OH is 1. The fraction of sp³-hybridized carbons (Fsp3) is 0.273. The number of halogens is 2. The van der Waals surface area contributed by atoms with Crippen LogP contribution in [0.15, 0.2) is 29.8 Å². The van der Waals surface area contributed by atoms with Gasteiger partial charge in [0, 0.05) is 5.54 Å². The van der Waals surface area contributed by atoms with Crippen molar-refractivity contribution in [2.45, 2.75) is 13.0 Å². The van der Waals surface area contributed by atoms with E-state index in [0.717, 1.165) is 0 Å². The van der Waals surface area contributed by atoms with Crippen molar-refractivity contribution >= 4 is 11.6 Å². The zero-order valence-electron chi connectivity index (χ0n) is 8.28. The Bertz CT molecular complexity index is 350. The van der Waals surface area contributed by atoms with E-state index >= 15 is 0 Å². The van der Waals surface area contributed by atoms with Crippen LogP contribution in [0.3, 0.4) is 0 Å². The topological polar surface area (TPSA) is 29.5 Å². The van der Waals surface area contributed by atoms with Crippen molar-refractivity contribution in [2.75, 3.05) is 6.61 Å². The Morgan fingerprint density at radius 1 is 1.60 bits per heavy atom. The largest absolute Gasteiger partial charge is 0.486 e. The van der Waals surface area contributed by atoms with Gasteiger partial charge >= 0.3 is 0 Å². The highest BCUT2D eigenvalue weighted by Gasteiger charge is 2.07. The van der Waals surface area contributed by atoms with E-state index < -0.39 is 11.9 Å². The number of hydrogen-bond donors (Lipinski definition) is 1. The van der Waals surface area contributed by atoms with Crippen LogP contribution in [-0.2, 0) is 0 Å². The minimum Gasteiger partial charge on any atom is -0.486 e. The van der Waals surface area contributed by atoms with E-state index in [0.29, 0.717) is 5.56 Å². The van der Waals surface area contributed by atoms with Crippen LogP contribution in [-0.4, -0.2) is 11.7 Å². The van der Waals surface area contributed by atoms with Crippen LogP contribution in [0.25, 0.3) is 0 Å². The van der Waals surface area contributed by atoms with Gasteiger partial charge in [0.05, 0.1) is 6.10 Å². The number of hydrogen-bond acceptors (Lipinski definition) is 2. The van der Waals surface area contributed by atoms with E-state index in [4.69, 9.17) is 16.3 Å². The standard InChI is InChI=1S/C11H12ClFO2/c1-8(14)9-3-4-11(10(13)7-9)15-6-2-5-12/h2-5,7-8,14H,6H2,1H3/b5-2+. The fourth-order valence-electron chi connectivity index (χ4n) is 1.07. The van der Waals surface area contributed by atoms with Crippen molar-refractivity contribution in [2.24, 2.45) is 0 Å². The molecule has 15 heavy (non-hydrogen) atoms. The summed E-state index contributed by atoms with van der Waals surface area (Å²) in [5.41, 5.74) is 1.83. The summed E-state index contributed by atoms with van der Waals surface area (Å²) < 4.78 is 18.4. The minimum absolute atomic E-state index is 0.147. The summed E-state index contributed by atoms with van der Waals surface area (Å²) in [6.45, 7) is 1.79. The molecule has 4 heteroatoms. The number of aliphatic hydroxyl groups is 1. The third-order valence-corrected chi connectivity index (χ3v) is 2.04. The van der Waals surface area contributed by atoms with Crippen LogP contribution >= 0.6 is 11.6 Å². The maximum absolute atomic E-state index is 13.3. The lowest BCUT2D eigenvalue weighted by atomic mass is 10.1. The van der Waals surface area contributed by atoms with Crippen molar-refractivity contribution in [1.82, 2.24) is 0 Å². The third kappa shape index (κ3) is 3.53. The lowest BCUT2D eigenvalue weighted by Gasteiger charge is -2.08. The molecule has 1 N–H and O–H groups in total. The first-order chi connectivity index (χ1) is 7.15. The lowest BCUT2D eigenvalue weighted by molar-refractivity contribution is 0.198. The van der Waals surface area contributed by atoms with E-state index in [1.807, 2.05) is 0 Å². The van der Waals surface area contributed by atoms with E-state index in [2.05, 4.69) is 0 Å². The normalized spacial score (nSPS) is 13.1. The van der Waals surface area contributed by atoms with Crippen LogP contribution in [0.5, 0.6) is 5.75 Å². The van der Waals surface area contributed by atoms with Gasteiger partial charge in [-0.3, -0.25) is 0 Å². The van der Waals surface area contributed by atoms with Crippen molar-refractivity contribution in [3.8, 4) is 5.75 Å². The molecule has 0 spiro atoms. The molecule has 0 bridgehead atoms. The van der Waals surface area contributed by atoms with Gasteiger partial charge < -0.3 is 9.84 Å². The highest BCUT2D eigenvalue weighted by atomic mass is 35.5. The average Bonchev–Trinajstić information content (AvgIpc) is 2.20. The molecule has 1 aromatic rings. The molecule has 0 aliphatic heterocycles. The number of ether oxygens (including phenoxy) is 1. The van der Waals surface area contributed by atoms with E-state index in [1.54, 1.807) is 19.1 Å². The molecule has 0 saturated heterocycles. The lowest BCUT2D eigenvalue weighted by Crippen LogP contribution is -1.98. The Hall–Kier alpha value is -1.06. The van der Waals surface area contributed by atoms with E-state index in [1.165, 1.54) is 17.7 Å². The van der Waals surface area contributed by atoms with Crippen LogP contribution in [0.4, 0.5) is 4.39 Å². The molecule has 82 valence electrons. The van der Waals surface area contributed by atoms with Crippen LogP contribution in [0, 0.1) is 5.82 Å². The van der Waals surface area contributed by atoms with E-state index in [9.17, 15) is 9.50 Å². The van der Waals surface area contributed by atoms with Gasteiger partial charge in [0.25, 0.3) is 0 Å². The Morgan fingerprint density at radius 3 is 2.87 bits per heavy atom. The molecule has 0 amide bonds. The first-order valence-electron chi connectivity index (χ1n) is 4.50. The summed E-state index contributed by atoms with van der Waals surface area (Å²) in [5.74, 6) is -0.342. The first kappa shape index (κ1) is 12.0. The fourth-order valence-corrected chi connectivity index (χ4v) is 1.14. The second kappa shape index (κ2) is 5.73. The van der Waals surface area contributed by atoms with Gasteiger partial charge in [0.1, 0.15) is 6.61 Å². The van der Waals surface area contributed by atoms with Gasteiger partial charge in [-0.15, -0.1) is 0 Å². The van der Waals surface area contributed by atoms with Crippen molar-refractivity contribution in [1.29, 1.82) is 0 Å². The highest BCUT2D eigenvalue weighted by molar-refractivity contribution is 6.25. The van der Waals surface area contributed by atoms with Crippen LogP contribution < -0.4 is 4.74 Å². The van der Waals surface area contributed by atoms with Crippen LogP contribution in [0.1, 0.15) is 18.6 Å². The Kier molecular flexibility index (Phi) is 4.59. The van der Waals surface area contributed by atoms with Gasteiger partial charge in [-0.05, 0) is 30.7 Å². The molecule has 0 aliphatic carbocycles. The molecule has 0 heterocycles. The summed E-state index contributed by atoms with van der Waals surface area (Å²) in [7, 11) is 0. The zero-order chi connectivity index (χ0) is 11.3. The molecular weight excluding hydrogens is 219 g/mol. The van der Waals surface area contributed by atoms with Gasteiger partial charge in [-0.1, -0.05) is 17.7 Å². The Labute approximate surface area is 92.9 Å². The predicted molar refractivity (Wildman–Crippen MR) is 57.5 cm³/mol. The average molecular weight is 231 g/mol. The molecule has 1 aromatic carbocycles. The van der Waals surface area contributed by atoms with Gasteiger partial charge in [0.2, 0.25) is 0 Å². The minimum atomic E-state index is -0.684. The molecule has 2 nitrogen and oxygen atoms in total. The van der Waals surface area contributed by atoms with Gasteiger partial charge in [0.15, 0.2) is 11.6 Å². The zero-order valence-corrected chi connectivity index (χ0v) is 9.04. The summed E-state index contributed by atoms with van der Waals surface area (Å²) >= 11 is 5.29. The second-order valence-electron chi connectivity index (χ2n) is 3.04. The Morgan fingerprint density at radius 2 is 2.33 bits per heavy atom. The number of benzene rings is 1. The molecule has 0 saturated carbocycles. The summed E-state index contributed by atoms with van der Waals surface area (Å²) in [6.07, 6.45) is 0.875. The molecule has 0 fully saturated rings. The second-order valence-corrected chi connectivity index (χ2v) is 3.29. The summed E-state index contributed by atoms with van der Waals surface area (Å²) in [6, 6.07) is 4.36. The van der Waals surface area contributed by atoms with Crippen molar-refractivity contribution in [3.63, 3.8) is 0 Å². The molecule has 1 rings (SSSR count). The molecule has 1 atom stereocenters. The van der Waals surface area contributed by atoms with Gasteiger partial charge in [-0.2, -0.15) is 0 Å². The summed E-state index contributed by atoms with van der Waals surface area (Å²) in [5, 5.41) is 9.22. The van der Waals surface area contributed by atoms with E-state index in [-0.39, 0.29) is 12.4 Å². The van der Waals surface area contributed by atoms with Crippen LogP contribution in [0.2, 0.25) is 0 Å². The van der Waals surface area contributed by atoms with Crippen molar-refractivity contribution in [3.05, 3.63) is 41.2 Å². The molecule has 0 aliphatic rings. The predicted octanol–water partition coefficient (Wildman–Crippen LogP) is 3.01. The quantitative estimate of drug-likeness (QED) is 0.862. The third-order valence-electron chi connectivity index (χ3n) is 1.86. The monoisotopic (exact) mass is 230 g/mol. The highest BCUT2D eigenvalue weighted by Crippen LogP contribution is 2.21. The molecule has 0 aromatic heterocycles. The molecule has 0 radical (unpaired) electrons. The SMILES string of the molecule is CC(O)c1ccc(OC/C=C/Cl)c(F)c1. The summed E-state index contributed by atoms with van der Waals surface area (Å²) in [4.78, 5) is 0. The smallest absolute Gasteiger partial charge is 0.165 e. The Balaban J connectivity index is 2.74.